The van der Waals surface area contributed by atoms with E-state index in [1.54, 1.807) is 18.2 Å². The molecule has 0 bridgehead atoms. The fourth-order valence-electron chi connectivity index (χ4n) is 5.42. The van der Waals surface area contributed by atoms with Crippen LogP contribution in [0.1, 0.15) is 27.8 Å². The highest BCUT2D eigenvalue weighted by Crippen LogP contribution is 2.22. The van der Waals surface area contributed by atoms with E-state index in [9.17, 15) is 13.9 Å². The largest absolute Gasteiger partial charge is 0.489 e. The first-order valence-corrected chi connectivity index (χ1v) is 18.8. The van der Waals surface area contributed by atoms with Crippen molar-refractivity contribution in [2.45, 2.75) is 43.3 Å². The van der Waals surface area contributed by atoms with Crippen LogP contribution in [-0.4, -0.2) is 53.6 Å². The van der Waals surface area contributed by atoms with Crippen molar-refractivity contribution in [2.24, 2.45) is 5.73 Å². The molecule has 2 atom stereocenters. The maximum atomic E-state index is 14.1. The van der Waals surface area contributed by atoms with Crippen molar-refractivity contribution in [1.29, 1.82) is 0 Å². The lowest BCUT2D eigenvalue weighted by Gasteiger charge is -2.31. The second-order valence-electron chi connectivity index (χ2n) is 12.5. The molecule has 0 aliphatic carbocycles. The second-order valence-corrected chi connectivity index (χ2v) is 13.0. The van der Waals surface area contributed by atoms with Crippen molar-refractivity contribution in [2.75, 3.05) is 26.4 Å². The van der Waals surface area contributed by atoms with Gasteiger partial charge < -0.3 is 25.4 Å². The van der Waals surface area contributed by atoms with Crippen molar-refractivity contribution in [3.05, 3.63) is 192 Å². The van der Waals surface area contributed by atoms with Crippen molar-refractivity contribution in [3.8, 4) is 11.5 Å². The second kappa shape index (κ2) is 25.4. The van der Waals surface area contributed by atoms with E-state index < -0.39 is 0 Å². The molecule has 0 heterocycles. The number of rotatable bonds is 18. The molecule has 54 heavy (non-hydrogen) atoms. The molecule has 0 aliphatic rings. The Labute approximate surface area is 327 Å². The fraction of sp³-hybridized carbons (Fsp3) is 0.244. The van der Waals surface area contributed by atoms with Gasteiger partial charge >= 0.3 is 0 Å². The van der Waals surface area contributed by atoms with Crippen molar-refractivity contribution < 1.29 is 28.5 Å². The number of hydrogen-bond donors (Lipinski definition) is 3. The van der Waals surface area contributed by atoms with Gasteiger partial charge in [-0.15, -0.1) is 0 Å². The third-order valence-corrected chi connectivity index (χ3v) is 8.63. The first-order chi connectivity index (χ1) is 26.3. The van der Waals surface area contributed by atoms with Gasteiger partial charge in [0.1, 0.15) is 36.3 Å². The molecular weight excluding hydrogens is 750 g/mol. The molecule has 0 saturated carbocycles. The van der Waals surface area contributed by atoms with E-state index in [2.05, 4.69) is 70.4 Å². The van der Waals surface area contributed by atoms with E-state index in [4.69, 9.17) is 20.3 Å². The number of ether oxygens (including phenoxy) is 2. The Bertz CT molecular complexity index is 1740. The van der Waals surface area contributed by atoms with E-state index in [0.717, 1.165) is 10.9 Å². The van der Waals surface area contributed by atoms with E-state index in [1.807, 2.05) is 60.7 Å². The van der Waals surface area contributed by atoms with Gasteiger partial charge in [0.25, 0.3) is 0 Å². The van der Waals surface area contributed by atoms with Crippen LogP contribution in [0.5, 0.6) is 11.5 Å². The number of benzene rings is 5. The van der Waals surface area contributed by atoms with Gasteiger partial charge in [-0.25, -0.2) is 8.78 Å². The molecule has 0 aromatic heterocycles. The number of hydrogen-bond acceptors (Lipinski definition) is 6. The Balaban J connectivity index is 0.000000270. The number of aliphatic hydroxyl groups excluding tert-OH is 2. The molecule has 286 valence electrons. The number of nitrogens with two attached hydrogens (primary N) is 1. The monoisotopic (exact) mass is 800 g/mol. The molecule has 0 amide bonds. The molecule has 9 heteroatoms. The maximum Gasteiger partial charge on any atom is 0.127 e. The molecule has 0 spiro atoms. The number of alkyl halides is 1. The van der Waals surface area contributed by atoms with Crippen LogP contribution in [0.3, 0.4) is 0 Å². The van der Waals surface area contributed by atoms with Crippen molar-refractivity contribution in [1.82, 2.24) is 4.90 Å². The van der Waals surface area contributed by atoms with E-state index in [1.165, 1.54) is 41.0 Å². The van der Waals surface area contributed by atoms with Crippen LogP contribution in [0, 0.1) is 11.6 Å². The van der Waals surface area contributed by atoms with Gasteiger partial charge in [-0.2, -0.15) is 0 Å². The molecule has 6 nitrogen and oxygen atoms in total. The Morgan fingerprint density at radius 1 is 0.611 bits per heavy atom. The lowest BCUT2D eigenvalue weighted by molar-refractivity contribution is 0.109. The molecule has 4 N–H and O–H groups in total. The third kappa shape index (κ3) is 17.0. The fourth-order valence-corrected chi connectivity index (χ4v) is 5.79. The molecule has 0 aliphatic heterocycles. The summed E-state index contributed by atoms with van der Waals surface area (Å²) in [5.74, 6) is 0.196. The van der Waals surface area contributed by atoms with Gasteiger partial charge in [0.05, 0.1) is 13.2 Å². The van der Waals surface area contributed by atoms with E-state index >= 15 is 0 Å². The summed E-state index contributed by atoms with van der Waals surface area (Å²) in [7, 11) is 0. The first-order valence-electron chi connectivity index (χ1n) is 17.7. The molecule has 0 fully saturated rings. The average Bonchev–Trinajstić information content (AvgIpc) is 3.19. The lowest BCUT2D eigenvalue weighted by Crippen LogP contribution is -2.38. The molecule has 0 radical (unpaired) electrons. The Kier molecular flexibility index (Phi) is 20.6. The topological polar surface area (TPSA) is 88.2 Å². The van der Waals surface area contributed by atoms with E-state index in [-0.39, 0.29) is 36.9 Å². The van der Waals surface area contributed by atoms with Crippen LogP contribution in [0.4, 0.5) is 8.78 Å². The number of nitrogens with zero attached hydrogens (tertiary/aromatic N) is 1. The molecule has 5 aromatic rings. The summed E-state index contributed by atoms with van der Waals surface area (Å²) in [5, 5.41) is 20.0. The SMILES string of the molecule is BrCc1ccccc1.C=CCOc1cc(F)cc(C[C@H](CO)N(Cc2ccccc2)Cc2ccccc2)c1.C=CCOc1cc(F)cc(C[C@H](N)CO)c1. The first kappa shape index (κ1) is 43.8. The van der Waals surface area contributed by atoms with Crippen LogP contribution in [0.25, 0.3) is 0 Å². The molecule has 5 rings (SSSR count). The van der Waals surface area contributed by atoms with Gasteiger partial charge in [-0.05, 0) is 64.9 Å². The normalized spacial score (nSPS) is 11.6. The zero-order valence-corrected chi connectivity index (χ0v) is 32.2. The molecule has 0 saturated heterocycles. The number of aliphatic hydroxyl groups is 2. The summed E-state index contributed by atoms with van der Waals surface area (Å²) in [5.41, 5.74) is 10.7. The lowest BCUT2D eigenvalue weighted by atomic mass is 10.0. The smallest absolute Gasteiger partial charge is 0.127 e. The van der Waals surface area contributed by atoms with Crippen molar-refractivity contribution >= 4 is 15.9 Å². The highest BCUT2D eigenvalue weighted by molar-refractivity contribution is 9.08. The summed E-state index contributed by atoms with van der Waals surface area (Å²) < 4.78 is 38.1. The summed E-state index contributed by atoms with van der Waals surface area (Å²) in [6.45, 7) is 9.01. The van der Waals surface area contributed by atoms with Gasteiger partial charge in [-0.3, -0.25) is 4.90 Å². The Morgan fingerprint density at radius 3 is 1.41 bits per heavy atom. The zero-order chi connectivity index (χ0) is 39.0. The quantitative estimate of drug-likeness (QED) is 0.0607. The van der Waals surface area contributed by atoms with Gasteiger partial charge in [0, 0.05) is 42.6 Å². The Morgan fingerprint density at radius 2 is 1.04 bits per heavy atom. The van der Waals surface area contributed by atoms with Crippen LogP contribution in [-0.2, 0) is 31.3 Å². The van der Waals surface area contributed by atoms with Gasteiger partial charge in [0.15, 0.2) is 0 Å². The van der Waals surface area contributed by atoms with Gasteiger partial charge in [-0.1, -0.05) is 132 Å². The predicted octanol–water partition coefficient (Wildman–Crippen LogP) is 8.83. The zero-order valence-electron chi connectivity index (χ0n) is 30.6. The standard InChI is InChI=1S/C26H28FNO2.C12H16FNO2.C7H7Br/c1-2-13-30-26-16-23(14-24(27)17-26)15-25(20-29)28(18-21-9-5-3-6-10-21)19-22-11-7-4-8-12-22;1-2-3-16-12-6-9(4-10(13)7-12)5-11(14)8-15;8-6-7-4-2-1-3-5-7/h2-12,14,16-17,25,29H,1,13,15,18-20H2;2,4,6-7,11,15H,1,3,5,8,14H2;1-5H,6H2/t25-;11-;/m10./s1. The van der Waals surface area contributed by atoms with Crippen molar-refractivity contribution in [3.63, 3.8) is 0 Å². The van der Waals surface area contributed by atoms with Crippen LogP contribution < -0.4 is 15.2 Å². The molecule has 5 aromatic carbocycles. The highest BCUT2D eigenvalue weighted by Gasteiger charge is 2.20. The maximum absolute atomic E-state index is 14.1. The van der Waals surface area contributed by atoms with Crippen LogP contribution in [0.15, 0.2) is 153 Å². The summed E-state index contributed by atoms with van der Waals surface area (Å²) in [4.78, 5) is 2.24. The van der Waals surface area contributed by atoms with Crippen LogP contribution in [0.2, 0.25) is 0 Å². The van der Waals surface area contributed by atoms with E-state index in [0.29, 0.717) is 56.2 Å². The summed E-state index contributed by atoms with van der Waals surface area (Å²) in [6, 6.07) is 39.2. The Hall–Kier alpha value is -4.64. The third-order valence-electron chi connectivity index (χ3n) is 7.98. The molecular formula is C45H51BrF2N2O4. The minimum atomic E-state index is -0.381. The molecule has 0 unspecified atom stereocenters. The highest BCUT2D eigenvalue weighted by atomic mass is 79.9. The minimum Gasteiger partial charge on any atom is -0.489 e. The summed E-state index contributed by atoms with van der Waals surface area (Å²) >= 11 is 3.36. The number of halogens is 3. The minimum absolute atomic E-state index is 0.0287. The predicted molar refractivity (Wildman–Crippen MR) is 219 cm³/mol. The summed E-state index contributed by atoms with van der Waals surface area (Å²) in [6.07, 6.45) is 4.14. The van der Waals surface area contributed by atoms with Crippen LogP contribution >= 0.6 is 15.9 Å². The van der Waals surface area contributed by atoms with Gasteiger partial charge in [0.2, 0.25) is 0 Å². The average molecular weight is 802 g/mol.